The van der Waals surface area contributed by atoms with Crippen molar-refractivity contribution in [1.29, 1.82) is 0 Å². The van der Waals surface area contributed by atoms with E-state index in [0.29, 0.717) is 5.69 Å². The van der Waals surface area contributed by atoms with Gasteiger partial charge in [-0.15, -0.1) is 0 Å². The second-order valence-electron chi connectivity index (χ2n) is 4.77. The molecule has 1 fully saturated rings. The smallest absolute Gasteiger partial charge is 0.255 e. The van der Waals surface area contributed by atoms with E-state index in [4.69, 9.17) is 0 Å². The lowest BCUT2D eigenvalue weighted by Crippen LogP contribution is -2.29. The molecule has 2 aromatic rings. The summed E-state index contributed by atoms with van der Waals surface area (Å²) in [5, 5.41) is 0. The third kappa shape index (κ3) is 2.23. The average Bonchev–Trinajstić information content (AvgIpc) is 2.96. The number of anilines is 1. The van der Waals surface area contributed by atoms with E-state index in [9.17, 15) is 4.79 Å². The van der Waals surface area contributed by atoms with Gasteiger partial charge >= 0.3 is 0 Å². The van der Waals surface area contributed by atoms with Gasteiger partial charge in [0.25, 0.3) is 5.56 Å². The number of hydrogen-bond donors (Lipinski definition) is 0. The minimum atomic E-state index is -0.0243. The number of rotatable bonds is 2. The van der Waals surface area contributed by atoms with Crippen LogP contribution in [0, 0.1) is 0 Å². The van der Waals surface area contributed by atoms with Crippen LogP contribution in [0.1, 0.15) is 12.8 Å². The Balaban J connectivity index is 2.10. The molecular weight excluding hydrogens is 240 g/mol. The van der Waals surface area contributed by atoms with Crippen LogP contribution in [0.15, 0.2) is 35.4 Å². The molecule has 3 heterocycles. The average molecular weight is 256 g/mol. The lowest BCUT2D eigenvalue weighted by Gasteiger charge is -2.19. The zero-order valence-electron chi connectivity index (χ0n) is 10.9. The molecule has 0 aromatic carbocycles. The molecule has 0 unspecified atom stereocenters. The summed E-state index contributed by atoms with van der Waals surface area (Å²) in [6.07, 6.45) is 5.75. The maximum atomic E-state index is 12.1. The standard InChI is InChI=1S/C14H16N4O/c1-17-13(19)10-12(11-4-6-15-7-5-11)16-14(17)18-8-2-3-9-18/h4-7,10H,2-3,8-9H2,1H3. The van der Waals surface area contributed by atoms with Crippen molar-refractivity contribution < 1.29 is 0 Å². The molecule has 5 nitrogen and oxygen atoms in total. The SMILES string of the molecule is Cn1c(N2CCCC2)nc(-c2ccncc2)cc1=O. The quantitative estimate of drug-likeness (QED) is 0.816. The number of pyridine rings is 1. The highest BCUT2D eigenvalue weighted by Gasteiger charge is 2.17. The molecule has 5 heteroatoms. The van der Waals surface area contributed by atoms with E-state index in [1.54, 1.807) is 30.1 Å². The molecule has 0 spiro atoms. The van der Waals surface area contributed by atoms with Crippen molar-refractivity contribution in [2.24, 2.45) is 7.05 Å². The minimum absolute atomic E-state index is 0.0243. The Morgan fingerprint density at radius 2 is 1.84 bits per heavy atom. The summed E-state index contributed by atoms with van der Waals surface area (Å²) in [6.45, 7) is 1.94. The summed E-state index contributed by atoms with van der Waals surface area (Å²) >= 11 is 0. The van der Waals surface area contributed by atoms with Crippen molar-refractivity contribution in [3.63, 3.8) is 0 Å². The van der Waals surface area contributed by atoms with E-state index in [1.807, 2.05) is 12.1 Å². The van der Waals surface area contributed by atoms with Gasteiger partial charge in [0, 0.05) is 44.2 Å². The highest BCUT2D eigenvalue weighted by atomic mass is 16.1. The van der Waals surface area contributed by atoms with Crippen molar-refractivity contribution in [2.45, 2.75) is 12.8 Å². The maximum absolute atomic E-state index is 12.1. The largest absolute Gasteiger partial charge is 0.342 e. The first kappa shape index (κ1) is 11.9. The third-order valence-electron chi connectivity index (χ3n) is 3.48. The number of nitrogens with zero attached hydrogens (tertiary/aromatic N) is 4. The molecule has 19 heavy (non-hydrogen) atoms. The summed E-state index contributed by atoms with van der Waals surface area (Å²) in [4.78, 5) is 22.9. The van der Waals surface area contributed by atoms with Crippen LogP contribution in [0.5, 0.6) is 0 Å². The van der Waals surface area contributed by atoms with Crippen LogP contribution in [-0.4, -0.2) is 27.6 Å². The summed E-state index contributed by atoms with van der Waals surface area (Å²) < 4.78 is 1.62. The van der Waals surface area contributed by atoms with Crippen LogP contribution in [0.4, 0.5) is 5.95 Å². The van der Waals surface area contributed by atoms with E-state index in [-0.39, 0.29) is 5.56 Å². The van der Waals surface area contributed by atoms with Crippen molar-refractivity contribution >= 4 is 5.95 Å². The fourth-order valence-corrected chi connectivity index (χ4v) is 2.40. The Morgan fingerprint density at radius 1 is 1.16 bits per heavy atom. The van der Waals surface area contributed by atoms with Crippen molar-refractivity contribution in [3.05, 3.63) is 40.9 Å². The van der Waals surface area contributed by atoms with E-state index < -0.39 is 0 Å². The monoisotopic (exact) mass is 256 g/mol. The Labute approximate surface area is 111 Å². The molecular formula is C14H16N4O. The van der Waals surface area contributed by atoms with E-state index in [1.165, 1.54) is 0 Å². The normalized spacial score (nSPS) is 14.9. The Bertz CT molecular complexity index is 630. The van der Waals surface area contributed by atoms with Gasteiger partial charge in [0.1, 0.15) is 0 Å². The number of hydrogen-bond acceptors (Lipinski definition) is 4. The van der Waals surface area contributed by atoms with Gasteiger partial charge < -0.3 is 4.90 Å². The minimum Gasteiger partial charge on any atom is -0.342 e. The fourth-order valence-electron chi connectivity index (χ4n) is 2.40. The van der Waals surface area contributed by atoms with Crippen molar-refractivity contribution in [3.8, 4) is 11.3 Å². The van der Waals surface area contributed by atoms with Gasteiger partial charge in [-0.05, 0) is 25.0 Å². The molecule has 1 aliphatic heterocycles. The Morgan fingerprint density at radius 3 is 2.53 bits per heavy atom. The van der Waals surface area contributed by atoms with Gasteiger partial charge in [0.2, 0.25) is 5.95 Å². The van der Waals surface area contributed by atoms with Crippen LogP contribution in [0.3, 0.4) is 0 Å². The molecule has 0 bridgehead atoms. The van der Waals surface area contributed by atoms with E-state index in [2.05, 4.69) is 14.9 Å². The zero-order valence-corrected chi connectivity index (χ0v) is 10.9. The Kier molecular flexibility index (Phi) is 3.03. The summed E-state index contributed by atoms with van der Waals surface area (Å²) in [7, 11) is 1.78. The predicted molar refractivity (Wildman–Crippen MR) is 74.2 cm³/mol. The molecule has 3 rings (SSSR count). The molecule has 0 amide bonds. The first-order valence-electron chi connectivity index (χ1n) is 6.49. The second kappa shape index (κ2) is 4.84. The van der Waals surface area contributed by atoms with Crippen LogP contribution in [0.25, 0.3) is 11.3 Å². The van der Waals surface area contributed by atoms with Crippen molar-refractivity contribution in [2.75, 3.05) is 18.0 Å². The van der Waals surface area contributed by atoms with Gasteiger partial charge in [-0.2, -0.15) is 0 Å². The molecule has 0 radical (unpaired) electrons. The van der Waals surface area contributed by atoms with Gasteiger partial charge in [-0.25, -0.2) is 4.98 Å². The molecule has 1 saturated heterocycles. The first-order valence-corrected chi connectivity index (χ1v) is 6.49. The summed E-state index contributed by atoms with van der Waals surface area (Å²) in [6, 6.07) is 5.32. The van der Waals surface area contributed by atoms with Gasteiger partial charge in [0.05, 0.1) is 5.69 Å². The molecule has 0 aliphatic carbocycles. The highest BCUT2D eigenvalue weighted by molar-refractivity contribution is 5.59. The van der Waals surface area contributed by atoms with Gasteiger partial charge in [-0.1, -0.05) is 0 Å². The maximum Gasteiger partial charge on any atom is 0.255 e. The zero-order chi connectivity index (χ0) is 13.2. The van der Waals surface area contributed by atoms with Crippen LogP contribution < -0.4 is 10.5 Å². The molecule has 0 atom stereocenters. The van der Waals surface area contributed by atoms with Crippen LogP contribution >= 0.6 is 0 Å². The first-order chi connectivity index (χ1) is 9.25. The molecule has 1 aliphatic rings. The summed E-state index contributed by atoms with van der Waals surface area (Å²) in [5.41, 5.74) is 1.62. The summed E-state index contributed by atoms with van der Waals surface area (Å²) in [5.74, 6) is 0.761. The molecule has 98 valence electrons. The molecule has 0 saturated carbocycles. The lowest BCUT2D eigenvalue weighted by atomic mass is 10.2. The third-order valence-corrected chi connectivity index (χ3v) is 3.48. The number of aromatic nitrogens is 3. The predicted octanol–water partition coefficient (Wildman–Crippen LogP) is 1.44. The van der Waals surface area contributed by atoms with Crippen LogP contribution in [-0.2, 0) is 7.05 Å². The molecule has 2 aromatic heterocycles. The van der Waals surface area contributed by atoms with Gasteiger partial charge in [0.15, 0.2) is 0 Å². The highest BCUT2D eigenvalue weighted by Crippen LogP contribution is 2.20. The second-order valence-corrected chi connectivity index (χ2v) is 4.77. The van der Waals surface area contributed by atoms with Crippen LogP contribution in [0.2, 0.25) is 0 Å². The molecule has 0 N–H and O–H groups in total. The topological polar surface area (TPSA) is 51.0 Å². The van der Waals surface area contributed by atoms with Gasteiger partial charge in [-0.3, -0.25) is 14.3 Å². The van der Waals surface area contributed by atoms with Crippen molar-refractivity contribution in [1.82, 2.24) is 14.5 Å². The lowest BCUT2D eigenvalue weighted by molar-refractivity contribution is 0.767. The Hall–Kier alpha value is -2.17. The fraction of sp³-hybridized carbons (Fsp3) is 0.357. The van der Waals surface area contributed by atoms with E-state index >= 15 is 0 Å². The van der Waals surface area contributed by atoms with E-state index in [0.717, 1.165) is 37.4 Å².